The van der Waals surface area contributed by atoms with Crippen molar-refractivity contribution >= 4 is 17.4 Å². The molecule has 0 saturated carbocycles. The maximum Gasteiger partial charge on any atom is 0.254 e. The summed E-state index contributed by atoms with van der Waals surface area (Å²) in [5.74, 6) is -1.05. The Morgan fingerprint density at radius 1 is 1.16 bits per heavy atom. The molecule has 1 aliphatic carbocycles. The SMILES string of the molecule is C=C1C(=O)C(N[C@@H](c2ccc(F)cc2)C(C)CC)=C1Nc1cccc(C(=O)NC)c1O. The highest BCUT2D eigenvalue weighted by atomic mass is 19.1. The highest BCUT2D eigenvalue weighted by Crippen LogP contribution is 2.36. The molecule has 31 heavy (non-hydrogen) atoms. The van der Waals surface area contributed by atoms with Gasteiger partial charge in [-0.25, -0.2) is 4.39 Å². The van der Waals surface area contributed by atoms with Gasteiger partial charge in [0.05, 0.1) is 23.0 Å². The third-order valence-corrected chi connectivity index (χ3v) is 5.56. The molecular weight excluding hydrogens is 397 g/mol. The largest absolute Gasteiger partial charge is 0.505 e. The van der Waals surface area contributed by atoms with Crippen LogP contribution < -0.4 is 16.0 Å². The number of hydrogen-bond acceptors (Lipinski definition) is 5. The van der Waals surface area contributed by atoms with Crippen LogP contribution in [-0.2, 0) is 4.79 Å². The molecule has 3 rings (SSSR count). The quantitative estimate of drug-likeness (QED) is 0.380. The third kappa shape index (κ3) is 4.30. The molecule has 2 aromatic carbocycles. The molecule has 0 aromatic heterocycles. The van der Waals surface area contributed by atoms with E-state index in [1.165, 1.54) is 25.2 Å². The first-order valence-electron chi connectivity index (χ1n) is 10.1. The number of halogens is 1. The Kier molecular flexibility index (Phi) is 6.44. The first kappa shape index (κ1) is 22.1. The van der Waals surface area contributed by atoms with Crippen molar-refractivity contribution in [2.45, 2.75) is 26.3 Å². The van der Waals surface area contributed by atoms with E-state index in [-0.39, 0.29) is 46.1 Å². The molecule has 0 saturated heterocycles. The van der Waals surface area contributed by atoms with Gasteiger partial charge < -0.3 is 21.1 Å². The van der Waals surface area contributed by atoms with Crippen LogP contribution in [0.3, 0.4) is 0 Å². The molecule has 0 bridgehead atoms. The van der Waals surface area contributed by atoms with Crippen LogP contribution in [0.5, 0.6) is 5.75 Å². The zero-order valence-electron chi connectivity index (χ0n) is 17.8. The van der Waals surface area contributed by atoms with Crippen molar-refractivity contribution < 1.29 is 19.1 Å². The van der Waals surface area contributed by atoms with Gasteiger partial charge in [-0.3, -0.25) is 9.59 Å². The molecule has 2 atom stereocenters. The van der Waals surface area contributed by atoms with Crippen molar-refractivity contribution in [3.8, 4) is 5.75 Å². The number of hydrogen-bond donors (Lipinski definition) is 4. The van der Waals surface area contributed by atoms with E-state index in [9.17, 15) is 19.1 Å². The fraction of sp³-hybridized carbons (Fsp3) is 0.250. The minimum Gasteiger partial charge on any atom is -0.505 e. The number of rotatable bonds is 8. The highest BCUT2D eigenvalue weighted by molar-refractivity contribution is 6.20. The van der Waals surface area contributed by atoms with E-state index >= 15 is 0 Å². The summed E-state index contributed by atoms with van der Waals surface area (Å²) >= 11 is 0. The minimum absolute atomic E-state index is 0.114. The van der Waals surface area contributed by atoms with Crippen LogP contribution in [0, 0.1) is 11.7 Å². The predicted molar refractivity (Wildman–Crippen MR) is 118 cm³/mol. The number of Topliss-reactive ketones (excluding diaryl/α,β-unsaturated/α-hetero) is 1. The predicted octanol–water partition coefficient (Wildman–Crippen LogP) is 4.03. The van der Waals surface area contributed by atoms with Gasteiger partial charge >= 0.3 is 0 Å². The second-order valence-electron chi connectivity index (χ2n) is 7.52. The first-order valence-corrected chi connectivity index (χ1v) is 10.1. The van der Waals surface area contributed by atoms with Gasteiger partial charge in [0.2, 0.25) is 5.78 Å². The number of aromatic hydroxyl groups is 1. The Morgan fingerprint density at radius 2 is 1.84 bits per heavy atom. The van der Waals surface area contributed by atoms with E-state index in [1.807, 2.05) is 13.8 Å². The number of amides is 1. The Balaban J connectivity index is 1.94. The number of carbonyl (C=O) groups excluding carboxylic acids is 2. The minimum atomic E-state index is -0.426. The van der Waals surface area contributed by atoms with Crippen LogP contribution in [0.25, 0.3) is 0 Å². The van der Waals surface area contributed by atoms with Crippen LogP contribution in [0.4, 0.5) is 10.1 Å². The van der Waals surface area contributed by atoms with Crippen LogP contribution in [0.1, 0.15) is 42.2 Å². The van der Waals surface area contributed by atoms with Crippen molar-refractivity contribution in [1.29, 1.82) is 0 Å². The maximum absolute atomic E-state index is 13.4. The van der Waals surface area contributed by atoms with Gasteiger partial charge in [0.1, 0.15) is 11.5 Å². The number of nitrogens with one attached hydrogen (secondary N) is 3. The van der Waals surface area contributed by atoms with Gasteiger partial charge in [0.15, 0.2) is 5.75 Å². The van der Waals surface area contributed by atoms with Crippen molar-refractivity contribution in [3.05, 3.63) is 83.0 Å². The van der Waals surface area contributed by atoms with Crippen LogP contribution >= 0.6 is 0 Å². The first-order chi connectivity index (χ1) is 14.8. The summed E-state index contributed by atoms with van der Waals surface area (Å²) in [7, 11) is 1.48. The Bertz CT molecular complexity index is 1060. The molecule has 6 nitrogen and oxygen atoms in total. The lowest BCUT2D eigenvalue weighted by Crippen LogP contribution is -2.39. The highest BCUT2D eigenvalue weighted by Gasteiger charge is 2.35. The summed E-state index contributed by atoms with van der Waals surface area (Å²) in [5.41, 5.74) is 2.31. The van der Waals surface area contributed by atoms with Gasteiger partial charge in [-0.1, -0.05) is 45.0 Å². The fourth-order valence-electron chi connectivity index (χ4n) is 3.45. The normalized spacial score (nSPS) is 15.2. The van der Waals surface area contributed by atoms with Crippen molar-refractivity contribution in [2.24, 2.45) is 5.92 Å². The molecule has 0 fully saturated rings. The third-order valence-electron chi connectivity index (χ3n) is 5.56. The summed E-state index contributed by atoms with van der Waals surface area (Å²) in [5, 5.41) is 19.3. The molecule has 2 aromatic rings. The average molecular weight is 423 g/mol. The van der Waals surface area contributed by atoms with Gasteiger partial charge in [0, 0.05) is 12.6 Å². The van der Waals surface area contributed by atoms with E-state index in [1.54, 1.807) is 24.3 Å². The monoisotopic (exact) mass is 423 g/mol. The van der Waals surface area contributed by atoms with Crippen LogP contribution in [0.15, 0.2) is 66.0 Å². The molecule has 1 unspecified atom stereocenters. The van der Waals surface area contributed by atoms with Crippen LogP contribution in [-0.4, -0.2) is 23.8 Å². The molecule has 4 N–H and O–H groups in total. The molecule has 0 heterocycles. The van der Waals surface area contributed by atoms with Crippen LogP contribution in [0.2, 0.25) is 0 Å². The summed E-state index contributed by atoms with van der Waals surface area (Å²) in [6, 6.07) is 10.7. The van der Waals surface area contributed by atoms with Gasteiger partial charge in [-0.05, 0) is 35.7 Å². The second-order valence-corrected chi connectivity index (χ2v) is 7.52. The Labute approximate surface area is 180 Å². The number of benzene rings is 2. The average Bonchev–Trinajstić information content (AvgIpc) is 2.79. The van der Waals surface area contributed by atoms with Crippen molar-refractivity contribution in [1.82, 2.24) is 10.6 Å². The fourth-order valence-corrected chi connectivity index (χ4v) is 3.45. The maximum atomic E-state index is 13.4. The molecular formula is C24H26FN3O3. The summed E-state index contributed by atoms with van der Waals surface area (Å²) in [4.78, 5) is 24.5. The molecule has 0 radical (unpaired) electrons. The Hall–Kier alpha value is -3.61. The zero-order valence-corrected chi connectivity index (χ0v) is 17.8. The summed E-state index contributed by atoms with van der Waals surface area (Å²) in [6.07, 6.45) is 0.842. The standard InChI is InChI=1S/C24H26FN3O3/c1-5-13(2)19(15-9-11-16(25)12-10-15)28-21-20(14(3)22(21)29)27-18-8-6-7-17(23(18)30)24(31)26-4/h6-13,19,27-28,30H,3,5H2,1-2,4H3,(H,26,31)/t13?,19-/m1/s1. The van der Waals surface area contributed by atoms with E-state index in [0.29, 0.717) is 11.4 Å². The molecule has 0 spiro atoms. The zero-order chi connectivity index (χ0) is 22.7. The smallest absolute Gasteiger partial charge is 0.254 e. The van der Waals surface area contributed by atoms with Crippen molar-refractivity contribution in [2.75, 3.05) is 12.4 Å². The van der Waals surface area contributed by atoms with E-state index in [0.717, 1.165) is 12.0 Å². The van der Waals surface area contributed by atoms with E-state index < -0.39 is 5.91 Å². The number of phenols is 1. The number of ketones is 1. The number of allylic oxidation sites excluding steroid dienone is 2. The van der Waals surface area contributed by atoms with Gasteiger partial charge in [0.25, 0.3) is 5.91 Å². The Morgan fingerprint density at radius 3 is 2.45 bits per heavy atom. The second kappa shape index (κ2) is 9.04. The molecule has 162 valence electrons. The molecule has 0 aliphatic heterocycles. The lowest BCUT2D eigenvalue weighted by Gasteiger charge is -2.33. The lowest BCUT2D eigenvalue weighted by atomic mass is 9.87. The molecule has 1 amide bonds. The summed E-state index contributed by atoms with van der Waals surface area (Å²) in [6.45, 7) is 7.90. The lowest BCUT2D eigenvalue weighted by molar-refractivity contribution is -0.113. The molecule has 1 aliphatic rings. The number of para-hydroxylation sites is 1. The van der Waals surface area contributed by atoms with E-state index in [2.05, 4.69) is 22.5 Å². The van der Waals surface area contributed by atoms with Crippen molar-refractivity contribution in [3.63, 3.8) is 0 Å². The van der Waals surface area contributed by atoms with Gasteiger partial charge in [-0.2, -0.15) is 0 Å². The number of anilines is 1. The number of phenolic OH excluding ortho intramolecular Hbond substituents is 1. The van der Waals surface area contributed by atoms with E-state index in [4.69, 9.17) is 0 Å². The number of carbonyl (C=O) groups is 2. The topological polar surface area (TPSA) is 90.5 Å². The summed E-state index contributed by atoms with van der Waals surface area (Å²) < 4.78 is 13.4. The van der Waals surface area contributed by atoms with Gasteiger partial charge in [-0.15, -0.1) is 0 Å². The molecule has 7 heteroatoms.